The number of aliphatic carboxylic acids is 1. The van der Waals surface area contributed by atoms with Crippen molar-refractivity contribution in [1.29, 1.82) is 0 Å². The van der Waals surface area contributed by atoms with Gasteiger partial charge in [-0.05, 0) is 30.4 Å². The molecule has 1 aliphatic heterocycles. The van der Waals surface area contributed by atoms with Crippen molar-refractivity contribution >= 4 is 11.9 Å². The Morgan fingerprint density at radius 3 is 2.56 bits per heavy atom. The highest BCUT2D eigenvalue weighted by atomic mass is 16.5. The van der Waals surface area contributed by atoms with E-state index in [2.05, 4.69) is 9.97 Å². The maximum atomic E-state index is 14.1. The van der Waals surface area contributed by atoms with Crippen LogP contribution in [0.25, 0.3) is 0 Å². The number of rotatable bonds is 9. The van der Waals surface area contributed by atoms with E-state index in [1.54, 1.807) is 25.7 Å². The van der Waals surface area contributed by atoms with Crippen LogP contribution in [0, 0.1) is 5.92 Å². The first-order valence-electron chi connectivity index (χ1n) is 13.6. The van der Waals surface area contributed by atoms with Crippen molar-refractivity contribution in [2.45, 2.75) is 70.3 Å². The van der Waals surface area contributed by atoms with Gasteiger partial charge < -0.3 is 24.2 Å². The number of aromatic nitrogens is 2. The van der Waals surface area contributed by atoms with Crippen LogP contribution in [0.15, 0.2) is 71.6 Å². The van der Waals surface area contributed by atoms with Gasteiger partial charge in [-0.2, -0.15) is 0 Å². The van der Waals surface area contributed by atoms with Gasteiger partial charge >= 0.3 is 5.97 Å². The summed E-state index contributed by atoms with van der Waals surface area (Å²) < 4.78 is 18.3. The van der Waals surface area contributed by atoms with Gasteiger partial charge in [0.1, 0.15) is 18.4 Å². The summed E-state index contributed by atoms with van der Waals surface area (Å²) in [5.41, 5.74) is 3.16. The van der Waals surface area contributed by atoms with E-state index in [1.165, 1.54) is 4.90 Å². The zero-order chi connectivity index (χ0) is 27.4. The highest BCUT2D eigenvalue weighted by molar-refractivity contribution is 5.88. The van der Waals surface area contributed by atoms with E-state index in [9.17, 15) is 14.7 Å². The molecule has 3 atom stereocenters. The molecule has 0 radical (unpaired) electrons. The molecule has 2 aromatic rings. The average molecular weight is 534 g/mol. The number of methoxy groups -OCH3 is 1. The predicted molar refractivity (Wildman–Crippen MR) is 142 cm³/mol. The zero-order valence-electron chi connectivity index (χ0n) is 22.4. The second kappa shape index (κ2) is 12.0. The fourth-order valence-corrected chi connectivity index (χ4v) is 5.86. The van der Waals surface area contributed by atoms with Crippen LogP contribution in [-0.2, 0) is 30.4 Å². The summed E-state index contributed by atoms with van der Waals surface area (Å²) in [6.45, 7) is 2.41. The van der Waals surface area contributed by atoms with Gasteiger partial charge in [-0.1, -0.05) is 50.1 Å². The minimum atomic E-state index is -1.06. The number of carboxylic acids is 1. The summed E-state index contributed by atoms with van der Waals surface area (Å²) in [6, 6.07) is 8.33. The first-order chi connectivity index (χ1) is 19.0. The van der Waals surface area contributed by atoms with Crippen LogP contribution in [0.3, 0.4) is 0 Å². The van der Waals surface area contributed by atoms with Gasteiger partial charge in [0.05, 0.1) is 25.1 Å². The Hall–Kier alpha value is -3.72. The maximum absolute atomic E-state index is 14.1. The van der Waals surface area contributed by atoms with Crippen LogP contribution in [0.4, 0.5) is 0 Å². The summed E-state index contributed by atoms with van der Waals surface area (Å²) in [4.78, 5) is 36.5. The van der Waals surface area contributed by atoms with Crippen molar-refractivity contribution in [1.82, 2.24) is 14.9 Å². The largest absolute Gasteiger partial charge is 0.497 e. The van der Waals surface area contributed by atoms with Gasteiger partial charge in [0.15, 0.2) is 11.9 Å². The van der Waals surface area contributed by atoms with E-state index in [4.69, 9.17) is 14.2 Å². The first kappa shape index (κ1) is 26.9. The molecule has 1 fully saturated rings. The minimum Gasteiger partial charge on any atom is -0.497 e. The van der Waals surface area contributed by atoms with E-state index in [0.29, 0.717) is 23.6 Å². The lowest BCUT2D eigenvalue weighted by Crippen LogP contribution is -2.51. The third-order valence-electron chi connectivity index (χ3n) is 7.79. The van der Waals surface area contributed by atoms with E-state index in [-0.39, 0.29) is 37.5 Å². The van der Waals surface area contributed by atoms with Crippen molar-refractivity contribution in [2.24, 2.45) is 5.92 Å². The van der Waals surface area contributed by atoms with Gasteiger partial charge in [0.2, 0.25) is 0 Å². The smallest absolute Gasteiger partial charge is 0.326 e. The number of amides is 1. The molecule has 2 aliphatic carbocycles. The second-order valence-electron chi connectivity index (χ2n) is 10.4. The van der Waals surface area contributed by atoms with Crippen molar-refractivity contribution in [2.75, 3.05) is 13.7 Å². The Balaban J connectivity index is 1.46. The van der Waals surface area contributed by atoms with Gasteiger partial charge in [-0.15, -0.1) is 0 Å². The summed E-state index contributed by atoms with van der Waals surface area (Å²) >= 11 is 0. The number of nitrogens with zero attached hydrogens (tertiary/aromatic N) is 3. The molecule has 9 heteroatoms. The third-order valence-corrected chi connectivity index (χ3v) is 7.79. The van der Waals surface area contributed by atoms with E-state index < -0.39 is 18.1 Å². The van der Waals surface area contributed by atoms with E-state index >= 15 is 0 Å². The number of carbonyl (C=O) groups is 2. The Morgan fingerprint density at radius 1 is 1.13 bits per heavy atom. The van der Waals surface area contributed by atoms with Crippen LogP contribution in [0.5, 0.6) is 0 Å². The van der Waals surface area contributed by atoms with Crippen LogP contribution in [0.2, 0.25) is 0 Å². The van der Waals surface area contributed by atoms with Crippen LogP contribution >= 0.6 is 0 Å². The number of hydrogen-bond acceptors (Lipinski definition) is 7. The molecule has 206 valence electrons. The Bertz CT molecular complexity index is 1240. The van der Waals surface area contributed by atoms with Crippen LogP contribution in [0.1, 0.15) is 62.8 Å². The summed E-state index contributed by atoms with van der Waals surface area (Å²) in [6.07, 6.45) is 8.68. The quantitative estimate of drug-likeness (QED) is 0.499. The molecule has 5 rings (SSSR count). The normalized spacial score (nSPS) is 22.5. The molecule has 0 spiro atoms. The predicted octanol–water partition coefficient (Wildman–Crippen LogP) is 4.57. The Morgan fingerprint density at radius 2 is 1.90 bits per heavy atom. The lowest BCUT2D eigenvalue weighted by Gasteiger charge is -2.41. The molecule has 1 aromatic carbocycles. The molecule has 1 saturated carbocycles. The fraction of sp³-hybridized carbons (Fsp3) is 0.467. The minimum absolute atomic E-state index is 0.00333. The standard InChI is InChI=1S/C30H35N3O6/c1-19-14-21-17-33(29(34)27(20-8-4-3-5-9-20)39-23-10-6-7-11-23)25(30(35)36)15-24(21)28(26(19)37-2)38-18-22-16-31-12-13-32-22/h3-5,8-9,12-13,16,19,23,25,27H,6-7,10-11,14-15,17-18H2,1-2H3,(H,35,36). The van der Waals surface area contributed by atoms with Crippen LogP contribution < -0.4 is 0 Å². The molecule has 39 heavy (non-hydrogen) atoms. The summed E-state index contributed by atoms with van der Waals surface area (Å²) in [7, 11) is 1.60. The molecule has 1 N–H and O–H groups in total. The number of carboxylic acid groups (broad SMARTS) is 1. The van der Waals surface area contributed by atoms with Crippen molar-refractivity contribution < 1.29 is 28.9 Å². The molecule has 2 heterocycles. The summed E-state index contributed by atoms with van der Waals surface area (Å²) in [5.74, 6) is -0.161. The highest BCUT2D eigenvalue weighted by Crippen LogP contribution is 2.42. The summed E-state index contributed by atoms with van der Waals surface area (Å²) in [5, 5.41) is 10.3. The average Bonchev–Trinajstić information content (AvgIpc) is 3.48. The van der Waals surface area contributed by atoms with E-state index in [1.807, 2.05) is 37.3 Å². The topological polar surface area (TPSA) is 111 Å². The third kappa shape index (κ3) is 5.83. The number of carbonyl (C=O) groups excluding carboxylic acids is 1. The van der Waals surface area contributed by atoms with Gasteiger partial charge in [0.25, 0.3) is 5.91 Å². The Labute approximate surface area is 228 Å². The molecule has 0 saturated heterocycles. The monoisotopic (exact) mass is 533 g/mol. The van der Waals surface area contributed by atoms with Crippen molar-refractivity contribution in [3.05, 3.63) is 82.8 Å². The molecule has 3 aliphatic rings. The van der Waals surface area contributed by atoms with Gasteiger partial charge in [-0.25, -0.2) is 4.79 Å². The van der Waals surface area contributed by atoms with Crippen molar-refractivity contribution in [3.8, 4) is 0 Å². The maximum Gasteiger partial charge on any atom is 0.326 e. The SMILES string of the molecule is COC1=C(OCc2cnccn2)C2=C(CC1C)CN(C(=O)C(OC1CCCC1)c1ccccc1)C(C(=O)O)C2. The molecule has 0 bridgehead atoms. The van der Waals surface area contributed by atoms with Gasteiger partial charge in [0, 0.05) is 36.9 Å². The lowest BCUT2D eigenvalue weighted by molar-refractivity contribution is -0.159. The Kier molecular flexibility index (Phi) is 8.26. The lowest BCUT2D eigenvalue weighted by atomic mass is 9.81. The molecular formula is C30H35N3O6. The number of benzene rings is 1. The second-order valence-corrected chi connectivity index (χ2v) is 10.4. The number of ether oxygens (including phenoxy) is 3. The van der Waals surface area contributed by atoms with Crippen molar-refractivity contribution in [3.63, 3.8) is 0 Å². The fourth-order valence-electron chi connectivity index (χ4n) is 5.86. The number of hydrogen-bond donors (Lipinski definition) is 1. The highest BCUT2D eigenvalue weighted by Gasteiger charge is 2.43. The molecule has 9 nitrogen and oxygen atoms in total. The van der Waals surface area contributed by atoms with Crippen LogP contribution in [-0.4, -0.2) is 57.7 Å². The first-order valence-corrected chi connectivity index (χ1v) is 13.6. The zero-order valence-corrected chi connectivity index (χ0v) is 22.4. The molecular weight excluding hydrogens is 498 g/mol. The molecule has 1 amide bonds. The number of allylic oxidation sites excluding steroid dienone is 2. The molecule has 3 unspecified atom stereocenters. The van der Waals surface area contributed by atoms with Gasteiger partial charge in [-0.3, -0.25) is 14.8 Å². The van der Waals surface area contributed by atoms with E-state index in [0.717, 1.165) is 42.4 Å². The molecule has 1 aromatic heterocycles.